The van der Waals surface area contributed by atoms with Crippen molar-refractivity contribution in [2.75, 3.05) is 0 Å². The van der Waals surface area contributed by atoms with Gasteiger partial charge in [0.2, 0.25) is 0 Å². The Morgan fingerprint density at radius 1 is 1.50 bits per heavy atom. The first kappa shape index (κ1) is 11.1. The molecule has 82 valence electrons. The van der Waals surface area contributed by atoms with Crippen LogP contribution in [0.4, 0.5) is 0 Å². The van der Waals surface area contributed by atoms with Gasteiger partial charge in [0.25, 0.3) is 0 Å². The lowest BCUT2D eigenvalue weighted by Gasteiger charge is -2.01. The Kier molecular flexibility index (Phi) is 2.94. The Morgan fingerprint density at radius 3 is 2.81 bits per heavy atom. The van der Waals surface area contributed by atoms with Gasteiger partial charge in [-0.25, -0.2) is 9.78 Å². The Labute approximate surface area is 101 Å². The van der Waals surface area contributed by atoms with E-state index in [-0.39, 0.29) is 10.6 Å². The van der Waals surface area contributed by atoms with Crippen molar-refractivity contribution in [3.05, 3.63) is 39.2 Å². The Hall–Kier alpha value is -1.39. The van der Waals surface area contributed by atoms with Gasteiger partial charge < -0.3 is 5.11 Å². The number of aryl methyl sites for hydroxylation is 1. The summed E-state index contributed by atoms with van der Waals surface area (Å²) in [6.07, 6.45) is 0. The molecular formula is C11H8ClNO2S. The number of carboxylic acids is 1. The highest BCUT2D eigenvalue weighted by Crippen LogP contribution is 2.26. The zero-order chi connectivity index (χ0) is 11.7. The molecule has 16 heavy (non-hydrogen) atoms. The van der Waals surface area contributed by atoms with Gasteiger partial charge in [0.15, 0.2) is 0 Å². The standard InChI is InChI=1S/C11H8ClNO2S/c1-6-13-10(5-16-6)7-2-3-9(12)8(4-7)11(14)15/h2-5H,1H3,(H,14,15). The van der Waals surface area contributed by atoms with Crippen LogP contribution in [0, 0.1) is 6.92 Å². The molecule has 2 rings (SSSR count). The number of nitrogens with zero attached hydrogens (tertiary/aromatic N) is 1. The number of hydrogen-bond acceptors (Lipinski definition) is 3. The van der Waals surface area contributed by atoms with Gasteiger partial charge in [-0.3, -0.25) is 0 Å². The van der Waals surface area contributed by atoms with Crippen molar-refractivity contribution in [3.63, 3.8) is 0 Å². The van der Waals surface area contributed by atoms with E-state index in [1.54, 1.807) is 18.2 Å². The van der Waals surface area contributed by atoms with Crippen LogP contribution in [0.15, 0.2) is 23.6 Å². The van der Waals surface area contributed by atoms with E-state index < -0.39 is 5.97 Å². The van der Waals surface area contributed by atoms with Crippen molar-refractivity contribution in [2.45, 2.75) is 6.92 Å². The number of halogens is 1. The second kappa shape index (κ2) is 4.23. The van der Waals surface area contributed by atoms with Crippen LogP contribution in [0.2, 0.25) is 5.02 Å². The topological polar surface area (TPSA) is 50.2 Å². The average molecular weight is 254 g/mol. The highest BCUT2D eigenvalue weighted by atomic mass is 35.5. The molecule has 0 saturated heterocycles. The summed E-state index contributed by atoms with van der Waals surface area (Å²) in [5.41, 5.74) is 1.65. The Balaban J connectivity index is 2.51. The largest absolute Gasteiger partial charge is 0.478 e. The summed E-state index contributed by atoms with van der Waals surface area (Å²) in [6, 6.07) is 4.89. The van der Waals surface area contributed by atoms with Gasteiger partial charge >= 0.3 is 5.97 Å². The summed E-state index contributed by atoms with van der Waals surface area (Å²) in [4.78, 5) is 15.2. The van der Waals surface area contributed by atoms with Gasteiger partial charge in [-0.2, -0.15) is 0 Å². The molecule has 0 atom stereocenters. The molecule has 3 nitrogen and oxygen atoms in total. The lowest BCUT2D eigenvalue weighted by molar-refractivity contribution is 0.0697. The normalized spacial score (nSPS) is 10.4. The Bertz CT molecular complexity index is 551. The zero-order valence-corrected chi connectivity index (χ0v) is 9.97. The second-order valence-electron chi connectivity index (χ2n) is 3.25. The molecule has 5 heteroatoms. The van der Waals surface area contributed by atoms with Gasteiger partial charge in [0, 0.05) is 10.9 Å². The van der Waals surface area contributed by atoms with Gasteiger partial charge in [0.1, 0.15) is 0 Å². The van der Waals surface area contributed by atoms with Gasteiger partial charge in [-0.15, -0.1) is 11.3 Å². The smallest absolute Gasteiger partial charge is 0.337 e. The predicted molar refractivity (Wildman–Crippen MR) is 64.3 cm³/mol. The number of carboxylic acid groups (broad SMARTS) is 1. The van der Waals surface area contributed by atoms with Crippen LogP contribution in [-0.2, 0) is 0 Å². The second-order valence-corrected chi connectivity index (χ2v) is 4.72. The first-order valence-corrected chi connectivity index (χ1v) is 5.79. The summed E-state index contributed by atoms with van der Waals surface area (Å²) < 4.78 is 0. The number of aromatic nitrogens is 1. The molecule has 0 bridgehead atoms. The molecule has 0 spiro atoms. The van der Waals surface area contributed by atoms with Crippen molar-refractivity contribution in [3.8, 4) is 11.3 Å². The minimum atomic E-state index is -1.03. The summed E-state index contributed by atoms with van der Waals surface area (Å²) >= 11 is 7.31. The number of hydrogen-bond donors (Lipinski definition) is 1. The molecule has 0 saturated carbocycles. The molecule has 0 aliphatic rings. The average Bonchev–Trinajstić information content (AvgIpc) is 2.65. The van der Waals surface area contributed by atoms with E-state index in [0.717, 1.165) is 16.3 Å². The fraction of sp³-hybridized carbons (Fsp3) is 0.0909. The van der Waals surface area contributed by atoms with Crippen LogP contribution < -0.4 is 0 Å². The molecule has 1 aromatic heterocycles. The maximum absolute atomic E-state index is 10.9. The molecule has 0 fully saturated rings. The van der Waals surface area contributed by atoms with Crippen LogP contribution >= 0.6 is 22.9 Å². The summed E-state index contributed by atoms with van der Waals surface area (Å²) in [7, 11) is 0. The van der Waals surface area contributed by atoms with E-state index in [1.807, 2.05) is 12.3 Å². The molecule has 0 amide bonds. The number of carbonyl (C=O) groups is 1. The zero-order valence-electron chi connectivity index (χ0n) is 8.40. The molecule has 0 unspecified atom stereocenters. The molecule has 0 radical (unpaired) electrons. The SMILES string of the molecule is Cc1nc(-c2ccc(Cl)c(C(=O)O)c2)cs1. The highest BCUT2D eigenvalue weighted by molar-refractivity contribution is 7.09. The van der Waals surface area contributed by atoms with Crippen molar-refractivity contribution in [1.82, 2.24) is 4.98 Å². The van der Waals surface area contributed by atoms with Crippen molar-refractivity contribution in [1.29, 1.82) is 0 Å². The minimum Gasteiger partial charge on any atom is -0.478 e. The van der Waals surface area contributed by atoms with Crippen molar-refractivity contribution >= 4 is 28.9 Å². The van der Waals surface area contributed by atoms with Crippen molar-refractivity contribution in [2.24, 2.45) is 0 Å². The fourth-order valence-electron chi connectivity index (χ4n) is 1.34. The van der Waals surface area contributed by atoms with Crippen molar-refractivity contribution < 1.29 is 9.90 Å². The summed E-state index contributed by atoms with van der Waals surface area (Å²) in [5.74, 6) is -1.03. The van der Waals surface area contributed by atoms with Crippen LogP contribution in [0.5, 0.6) is 0 Å². The molecule has 2 aromatic rings. The number of aromatic carboxylic acids is 1. The van der Waals surface area contributed by atoms with Crippen LogP contribution in [0.25, 0.3) is 11.3 Å². The number of rotatable bonds is 2. The molecule has 1 heterocycles. The first-order chi connectivity index (χ1) is 7.58. The summed E-state index contributed by atoms with van der Waals surface area (Å²) in [6.45, 7) is 1.90. The van der Waals surface area contributed by atoms with E-state index in [2.05, 4.69) is 4.98 Å². The fourth-order valence-corrected chi connectivity index (χ4v) is 2.16. The molecule has 0 aliphatic heterocycles. The van der Waals surface area contributed by atoms with Crippen LogP contribution in [-0.4, -0.2) is 16.1 Å². The monoisotopic (exact) mass is 253 g/mol. The molecule has 1 aromatic carbocycles. The third-order valence-electron chi connectivity index (χ3n) is 2.11. The van der Waals surface area contributed by atoms with Crippen LogP contribution in [0.1, 0.15) is 15.4 Å². The van der Waals surface area contributed by atoms with E-state index in [1.165, 1.54) is 11.3 Å². The Morgan fingerprint density at radius 2 is 2.25 bits per heavy atom. The van der Waals surface area contributed by atoms with E-state index in [9.17, 15) is 4.79 Å². The third kappa shape index (κ3) is 2.08. The van der Waals surface area contributed by atoms with Gasteiger partial charge in [-0.1, -0.05) is 17.7 Å². The molecule has 1 N–H and O–H groups in total. The van der Waals surface area contributed by atoms with E-state index in [4.69, 9.17) is 16.7 Å². The number of thiazole rings is 1. The maximum atomic E-state index is 10.9. The lowest BCUT2D eigenvalue weighted by Crippen LogP contribution is -1.97. The van der Waals surface area contributed by atoms with E-state index >= 15 is 0 Å². The highest BCUT2D eigenvalue weighted by Gasteiger charge is 2.11. The quantitative estimate of drug-likeness (QED) is 0.892. The lowest BCUT2D eigenvalue weighted by atomic mass is 10.1. The molecular weight excluding hydrogens is 246 g/mol. The van der Waals surface area contributed by atoms with Gasteiger partial charge in [0.05, 0.1) is 21.3 Å². The van der Waals surface area contributed by atoms with E-state index in [0.29, 0.717) is 0 Å². The first-order valence-electron chi connectivity index (χ1n) is 4.53. The predicted octanol–water partition coefficient (Wildman–Crippen LogP) is 3.47. The summed E-state index contributed by atoms with van der Waals surface area (Å²) in [5, 5.41) is 12.0. The molecule has 0 aliphatic carbocycles. The maximum Gasteiger partial charge on any atom is 0.337 e. The van der Waals surface area contributed by atoms with Gasteiger partial charge in [-0.05, 0) is 19.1 Å². The van der Waals surface area contributed by atoms with Crippen LogP contribution in [0.3, 0.4) is 0 Å². The third-order valence-corrected chi connectivity index (χ3v) is 3.21. The number of benzene rings is 1. The minimum absolute atomic E-state index is 0.102.